The molecule has 6 rings (SSSR count). The van der Waals surface area contributed by atoms with Crippen molar-refractivity contribution < 1.29 is 0 Å². The Morgan fingerprint density at radius 3 is 0.700 bits per heavy atom. The first-order valence-electron chi connectivity index (χ1n) is 14.9. The summed E-state index contributed by atoms with van der Waals surface area (Å²) in [6, 6.07) is 33.7. The minimum Gasteiger partial charge on any atom is -0.399 e. The molecule has 0 heterocycles. The molecular formula is C36H44N4. The second kappa shape index (κ2) is 12.1. The van der Waals surface area contributed by atoms with E-state index in [1.165, 1.54) is 86.5 Å². The van der Waals surface area contributed by atoms with E-state index in [2.05, 4.69) is 48.5 Å². The lowest BCUT2D eigenvalue weighted by molar-refractivity contribution is 0.346. The molecule has 208 valence electrons. The van der Waals surface area contributed by atoms with Crippen molar-refractivity contribution in [1.29, 1.82) is 0 Å². The molecule has 0 amide bonds. The summed E-state index contributed by atoms with van der Waals surface area (Å²) in [5, 5.41) is 0. The van der Waals surface area contributed by atoms with Crippen molar-refractivity contribution in [3.8, 4) is 0 Å². The van der Waals surface area contributed by atoms with Crippen LogP contribution in [-0.2, 0) is 10.8 Å². The van der Waals surface area contributed by atoms with E-state index in [0.29, 0.717) is 0 Å². The van der Waals surface area contributed by atoms with Gasteiger partial charge in [-0.2, -0.15) is 0 Å². The maximum absolute atomic E-state index is 5.84. The van der Waals surface area contributed by atoms with Crippen LogP contribution < -0.4 is 22.9 Å². The minimum absolute atomic E-state index is 0.139. The highest BCUT2D eigenvalue weighted by Gasteiger charge is 2.36. The molecule has 0 saturated heterocycles. The fourth-order valence-electron chi connectivity index (χ4n) is 7.01. The molecule has 4 heteroatoms. The monoisotopic (exact) mass is 532 g/mol. The van der Waals surface area contributed by atoms with Crippen molar-refractivity contribution in [2.45, 2.75) is 75.0 Å². The van der Waals surface area contributed by atoms with Gasteiger partial charge in [0.05, 0.1) is 0 Å². The van der Waals surface area contributed by atoms with E-state index in [4.69, 9.17) is 22.9 Å². The van der Waals surface area contributed by atoms with E-state index < -0.39 is 0 Å². The molecule has 0 aliphatic heterocycles. The van der Waals surface area contributed by atoms with Gasteiger partial charge < -0.3 is 22.9 Å². The lowest BCUT2D eigenvalue weighted by Crippen LogP contribution is -2.30. The summed E-state index contributed by atoms with van der Waals surface area (Å²) in [6.07, 6.45) is 12.7. The van der Waals surface area contributed by atoms with Crippen LogP contribution in [0.5, 0.6) is 0 Å². The first-order chi connectivity index (χ1) is 19.4. The Labute approximate surface area is 239 Å². The van der Waals surface area contributed by atoms with Gasteiger partial charge in [0, 0.05) is 33.6 Å². The molecule has 8 N–H and O–H groups in total. The minimum atomic E-state index is 0.139. The largest absolute Gasteiger partial charge is 0.399 e. The fourth-order valence-corrected chi connectivity index (χ4v) is 7.01. The van der Waals surface area contributed by atoms with Gasteiger partial charge in [-0.3, -0.25) is 0 Å². The molecular weight excluding hydrogens is 488 g/mol. The average Bonchev–Trinajstić information content (AvgIpc) is 3.00. The van der Waals surface area contributed by atoms with Gasteiger partial charge in [-0.1, -0.05) is 87.1 Å². The summed E-state index contributed by atoms with van der Waals surface area (Å²) in [6.45, 7) is 0. The standard InChI is InChI=1S/2C18H22N2/c2*19-16-8-4-14(5-9-16)18(12-2-1-3-13-18)15-6-10-17(20)11-7-15/h2*4-11H,1-3,12-13,19-20H2. The number of hydrogen-bond acceptors (Lipinski definition) is 4. The van der Waals surface area contributed by atoms with E-state index in [-0.39, 0.29) is 10.8 Å². The Bertz CT molecular complexity index is 1140. The molecule has 4 nitrogen and oxygen atoms in total. The van der Waals surface area contributed by atoms with Crippen molar-refractivity contribution >= 4 is 22.7 Å². The van der Waals surface area contributed by atoms with Crippen LogP contribution in [0, 0.1) is 0 Å². The summed E-state index contributed by atoms with van der Waals surface area (Å²) in [4.78, 5) is 0. The molecule has 2 aliphatic rings. The first-order valence-corrected chi connectivity index (χ1v) is 14.9. The van der Waals surface area contributed by atoms with Gasteiger partial charge in [0.25, 0.3) is 0 Å². The third kappa shape index (κ3) is 5.82. The first kappa shape index (κ1) is 27.6. The lowest BCUT2D eigenvalue weighted by atomic mass is 9.65. The van der Waals surface area contributed by atoms with Gasteiger partial charge in [-0.05, 0) is 96.5 Å². The topological polar surface area (TPSA) is 104 Å². The Kier molecular flexibility index (Phi) is 8.35. The third-order valence-corrected chi connectivity index (χ3v) is 9.27. The Morgan fingerprint density at radius 1 is 0.300 bits per heavy atom. The summed E-state index contributed by atoms with van der Waals surface area (Å²) in [5.74, 6) is 0. The van der Waals surface area contributed by atoms with Crippen LogP contribution in [0.3, 0.4) is 0 Å². The van der Waals surface area contributed by atoms with Crippen LogP contribution in [-0.4, -0.2) is 0 Å². The van der Waals surface area contributed by atoms with E-state index in [1.807, 2.05) is 48.5 Å². The number of nitrogens with two attached hydrogens (primary N) is 4. The average molecular weight is 533 g/mol. The highest BCUT2D eigenvalue weighted by Crippen LogP contribution is 2.46. The molecule has 0 radical (unpaired) electrons. The van der Waals surface area contributed by atoms with Crippen LogP contribution in [0.25, 0.3) is 0 Å². The van der Waals surface area contributed by atoms with Gasteiger partial charge in [-0.15, -0.1) is 0 Å². The Balaban J connectivity index is 0.000000161. The normalized spacial score (nSPS) is 17.8. The zero-order chi connectivity index (χ0) is 28.0. The predicted octanol–water partition coefficient (Wildman–Crippen LogP) is 8.20. The van der Waals surface area contributed by atoms with E-state index >= 15 is 0 Å². The summed E-state index contributed by atoms with van der Waals surface area (Å²) >= 11 is 0. The van der Waals surface area contributed by atoms with Crippen LogP contribution in [0.4, 0.5) is 22.7 Å². The van der Waals surface area contributed by atoms with Crippen molar-refractivity contribution in [3.63, 3.8) is 0 Å². The summed E-state index contributed by atoms with van der Waals surface area (Å²) in [5.41, 5.74) is 32.5. The summed E-state index contributed by atoms with van der Waals surface area (Å²) < 4.78 is 0. The van der Waals surface area contributed by atoms with Crippen LogP contribution >= 0.6 is 0 Å². The van der Waals surface area contributed by atoms with Gasteiger partial charge >= 0.3 is 0 Å². The molecule has 2 fully saturated rings. The van der Waals surface area contributed by atoms with E-state index in [1.54, 1.807) is 0 Å². The third-order valence-electron chi connectivity index (χ3n) is 9.27. The number of hydrogen-bond donors (Lipinski definition) is 4. The van der Waals surface area contributed by atoms with Gasteiger partial charge in [0.2, 0.25) is 0 Å². The molecule has 0 aromatic heterocycles. The quantitative estimate of drug-likeness (QED) is 0.199. The predicted molar refractivity (Wildman–Crippen MR) is 171 cm³/mol. The second-order valence-corrected chi connectivity index (χ2v) is 11.8. The molecule has 0 unspecified atom stereocenters. The Morgan fingerprint density at radius 2 is 0.500 bits per heavy atom. The number of nitrogen functional groups attached to an aromatic ring is 4. The molecule has 0 atom stereocenters. The van der Waals surface area contributed by atoms with E-state index in [9.17, 15) is 0 Å². The van der Waals surface area contributed by atoms with Crippen molar-refractivity contribution in [1.82, 2.24) is 0 Å². The highest BCUT2D eigenvalue weighted by molar-refractivity contribution is 5.50. The second-order valence-electron chi connectivity index (χ2n) is 11.8. The maximum Gasteiger partial charge on any atom is 0.0314 e. The van der Waals surface area contributed by atoms with Gasteiger partial charge in [0.1, 0.15) is 0 Å². The molecule has 40 heavy (non-hydrogen) atoms. The van der Waals surface area contributed by atoms with Crippen molar-refractivity contribution in [2.75, 3.05) is 22.9 Å². The fraction of sp³-hybridized carbons (Fsp3) is 0.333. The maximum atomic E-state index is 5.84. The lowest BCUT2D eigenvalue weighted by Gasteiger charge is -2.38. The molecule has 0 spiro atoms. The molecule has 0 bridgehead atoms. The van der Waals surface area contributed by atoms with Crippen molar-refractivity contribution in [2.24, 2.45) is 0 Å². The van der Waals surface area contributed by atoms with Crippen LogP contribution in [0.2, 0.25) is 0 Å². The smallest absolute Gasteiger partial charge is 0.0314 e. The number of benzene rings is 4. The van der Waals surface area contributed by atoms with Crippen LogP contribution in [0.15, 0.2) is 97.1 Å². The summed E-state index contributed by atoms with van der Waals surface area (Å²) in [7, 11) is 0. The number of anilines is 4. The van der Waals surface area contributed by atoms with Crippen LogP contribution in [0.1, 0.15) is 86.5 Å². The Hall–Kier alpha value is -3.92. The molecule has 2 aliphatic carbocycles. The zero-order valence-corrected chi connectivity index (χ0v) is 23.6. The number of rotatable bonds is 4. The molecule has 2 saturated carbocycles. The van der Waals surface area contributed by atoms with Crippen molar-refractivity contribution in [3.05, 3.63) is 119 Å². The SMILES string of the molecule is Nc1ccc(C2(c3ccc(N)cc3)CCCCC2)cc1.Nc1ccc(C2(c3ccc(N)cc3)CCCCC2)cc1. The molecule has 4 aromatic rings. The zero-order valence-electron chi connectivity index (χ0n) is 23.6. The van der Waals surface area contributed by atoms with E-state index in [0.717, 1.165) is 22.7 Å². The highest BCUT2D eigenvalue weighted by atomic mass is 14.6. The molecule has 4 aromatic carbocycles. The van der Waals surface area contributed by atoms with Gasteiger partial charge in [-0.25, -0.2) is 0 Å². The van der Waals surface area contributed by atoms with Gasteiger partial charge in [0.15, 0.2) is 0 Å².